The van der Waals surface area contributed by atoms with Gasteiger partial charge in [0.15, 0.2) is 5.78 Å². The monoisotopic (exact) mass is 301 g/mol. The zero-order valence-electron chi connectivity index (χ0n) is 9.31. The van der Waals surface area contributed by atoms with Crippen LogP contribution in [-0.2, 0) is 4.79 Å². The van der Waals surface area contributed by atoms with Gasteiger partial charge in [-0.25, -0.2) is 0 Å². The van der Waals surface area contributed by atoms with E-state index >= 15 is 0 Å². The lowest BCUT2D eigenvalue weighted by molar-refractivity contribution is -0.385. The van der Waals surface area contributed by atoms with Gasteiger partial charge >= 0.3 is 0 Å². The maximum Gasteiger partial charge on any atom is 0.287 e. The number of carbonyl (C=O) groups is 1. The fourth-order valence-corrected chi connectivity index (χ4v) is 1.78. The lowest BCUT2D eigenvalue weighted by atomic mass is 10.2. The Morgan fingerprint density at radius 3 is 2.82 bits per heavy atom. The van der Waals surface area contributed by atoms with E-state index in [1.54, 1.807) is 6.07 Å². The van der Waals surface area contributed by atoms with Crippen molar-refractivity contribution in [3.8, 4) is 5.75 Å². The van der Waals surface area contributed by atoms with Crippen LogP contribution in [0.2, 0.25) is 0 Å². The van der Waals surface area contributed by atoms with Crippen LogP contribution in [0.4, 0.5) is 5.69 Å². The fourth-order valence-electron chi connectivity index (χ4n) is 1.26. The second-order valence-corrected chi connectivity index (χ2v) is 4.22. The standard InChI is InChI=1S/C11H12BrNO4/c1-2-4-8(14)7-17-10-6-3-5-9(11(10)12)13(15)16/h3,5-6H,2,4,7H2,1H3. The van der Waals surface area contributed by atoms with E-state index in [2.05, 4.69) is 15.9 Å². The molecule has 0 aliphatic rings. The Morgan fingerprint density at radius 2 is 2.24 bits per heavy atom. The van der Waals surface area contributed by atoms with E-state index in [0.717, 1.165) is 6.42 Å². The highest BCUT2D eigenvalue weighted by Gasteiger charge is 2.16. The van der Waals surface area contributed by atoms with E-state index in [1.807, 2.05) is 6.92 Å². The predicted molar refractivity (Wildman–Crippen MR) is 66.2 cm³/mol. The van der Waals surface area contributed by atoms with Crippen LogP contribution in [0, 0.1) is 10.1 Å². The summed E-state index contributed by atoms with van der Waals surface area (Å²) < 4.78 is 5.50. The molecule has 0 radical (unpaired) electrons. The number of nitro benzene ring substituents is 1. The van der Waals surface area contributed by atoms with Crippen molar-refractivity contribution in [2.24, 2.45) is 0 Å². The molecule has 0 aliphatic carbocycles. The van der Waals surface area contributed by atoms with Crippen molar-refractivity contribution in [3.63, 3.8) is 0 Å². The molecule has 0 aliphatic heterocycles. The second kappa shape index (κ2) is 6.34. The van der Waals surface area contributed by atoms with Gasteiger partial charge in [-0.05, 0) is 28.4 Å². The SMILES string of the molecule is CCCC(=O)COc1cccc([N+](=O)[O-])c1Br. The van der Waals surface area contributed by atoms with E-state index < -0.39 is 4.92 Å². The van der Waals surface area contributed by atoms with E-state index in [0.29, 0.717) is 12.2 Å². The summed E-state index contributed by atoms with van der Waals surface area (Å²) in [5.74, 6) is 0.287. The maximum absolute atomic E-state index is 11.3. The van der Waals surface area contributed by atoms with Crippen LogP contribution in [0.1, 0.15) is 19.8 Å². The highest BCUT2D eigenvalue weighted by Crippen LogP contribution is 2.33. The summed E-state index contributed by atoms with van der Waals surface area (Å²) in [4.78, 5) is 21.4. The van der Waals surface area contributed by atoms with Gasteiger partial charge in [0, 0.05) is 12.5 Å². The van der Waals surface area contributed by atoms with Crippen LogP contribution in [0.15, 0.2) is 22.7 Å². The van der Waals surface area contributed by atoms with Gasteiger partial charge in [0.25, 0.3) is 5.69 Å². The third kappa shape index (κ3) is 3.81. The van der Waals surface area contributed by atoms with Crippen LogP contribution in [0.25, 0.3) is 0 Å². The average Bonchev–Trinajstić information content (AvgIpc) is 2.27. The van der Waals surface area contributed by atoms with Crippen LogP contribution in [0.5, 0.6) is 5.75 Å². The van der Waals surface area contributed by atoms with Gasteiger partial charge in [-0.1, -0.05) is 13.0 Å². The van der Waals surface area contributed by atoms with Gasteiger partial charge in [0.05, 0.1) is 4.92 Å². The number of nitrogens with zero attached hydrogens (tertiary/aromatic N) is 1. The predicted octanol–water partition coefficient (Wildman–Crippen LogP) is 3.11. The number of rotatable bonds is 6. The van der Waals surface area contributed by atoms with Crippen molar-refractivity contribution in [1.82, 2.24) is 0 Å². The van der Waals surface area contributed by atoms with E-state index in [4.69, 9.17) is 4.74 Å². The van der Waals surface area contributed by atoms with Crippen molar-refractivity contribution >= 4 is 27.4 Å². The Labute approximate surface area is 107 Å². The molecule has 0 atom stereocenters. The average molecular weight is 302 g/mol. The Kier molecular flexibility index (Phi) is 5.09. The molecule has 17 heavy (non-hydrogen) atoms. The minimum Gasteiger partial charge on any atom is -0.484 e. The maximum atomic E-state index is 11.3. The van der Waals surface area contributed by atoms with Crippen molar-refractivity contribution in [2.75, 3.05) is 6.61 Å². The molecule has 0 aromatic heterocycles. The Hall–Kier alpha value is -1.43. The second-order valence-electron chi connectivity index (χ2n) is 3.42. The minimum absolute atomic E-state index is 0.0223. The largest absolute Gasteiger partial charge is 0.484 e. The van der Waals surface area contributed by atoms with Crippen LogP contribution < -0.4 is 4.74 Å². The molecule has 0 N–H and O–H groups in total. The molecule has 0 saturated heterocycles. The molecule has 0 fully saturated rings. The third-order valence-electron chi connectivity index (χ3n) is 2.06. The van der Waals surface area contributed by atoms with E-state index in [9.17, 15) is 14.9 Å². The molecule has 0 heterocycles. The van der Waals surface area contributed by atoms with Crippen molar-refractivity contribution < 1.29 is 14.5 Å². The summed E-state index contributed by atoms with van der Waals surface area (Å²) in [5, 5.41) is 10.7. The first-order chi connectivity index (χ1) is 8.06. The molecule has 1 aromatic rings. The topological polar surface area (TPSA) is 69.4 Å². The number of benzene rings is 1. The molecular formula is C11H12BrNO4. The number of ether oxygens (including phenoxy) is 1. The molecule has 1 aromatic carbocycles. The summed E-state index contributed by atoms with van der Waals surface area (Å²) >= 11 is 3.09. The molecule has 0 unspecified atom stereocenters. The lowest BCUT2D eigenvalue weighted by Crippen LogP contribution is -2.10. The normalized spacial score (nSPS) is 10.0. The molecule has 1 rings (SSSR count). The van der Waals surface area contributed by atoms with Crippen molar-refractivity contribution in [1.29, 1.82) is 0 Å². The zero-order valence-corrected chi connectivity index (χ0v) is 10.9. The van der Waals surface area contributed by atoms with E-state index in [-0.39, 0.29) is 22.6 Å². The Bertz CT molecular complexity index is 433. The molecule has 6 heteroatoms. The quantitative estimate of drug-likeness (QED) is 0.598. The minimum atomic E-state index is -0.509. The smallest absolute Gasteiger partial charge is 0.287 e. The van der Waals surface area contributed by atoms with Crippen LogP contribution in [0.3, 0.4) is 0 Å². The number of Topliss-reactive ketones (excluding diaryl/α,β-unsaturated/α-hetero) is 1. The number of nitro groups is 1. The Morgan fingerprint density at radius 1 is 1.53 bits per heavy atom. The number of hydrogen-bond acceptors (Lipinski definition) is 4. The van der Waals surface area contributed by atoms with Gasteiger partial charge in [0.2, 0.25) is 0 Å². The molecule has 0 spiro atoms. The molecule has 0 saturated carbocycles. The number of carbonyl (C=O) groups excluding carboxylic acids is 1. The summed E-state index contributed by atoms with van der Waals surface area (Å²) in [6, 6.07) is 4.46. The van der Waals surface area contributed by atoms with Crippen LogP contribution >= 0.6 is 15.9 Å². The van der Waals surface area contributed by atoms with Gasteiger partial charge in [-0.3, -0.25) is 14.9 Å². The molecule has 0 bridgehead atoms. The third-order valence-corrected chi connectivity index (χ3v) is 2.85. The van der Waals surface area contributed by atoms with Gasteiger partial charge in [0.1, 0.15) is 16.8 Å². The molecular weight excluding hydrogens is 290 g/mol. The van der Waals surface area contributed by atoms with Gasteiger partial charge < -0.3 is 4.74 Å². The number of hydrogen-bond donors (Lipinski definition) is 0. The first-order valence-corrected chi connectivity index (χ1v) is 5.93. The Balaban J connectivity index is 2.75. The highest BCUT2D eigenvalue weighted by atomic mass is 79.9. The fraction of sp³-hybridized carbons (Fsp3) is 0.364. The summed E-state index contributed by atoms with van der Waals surface area (Å²) in [7, 11) is 0. The first-order valence-electron chi connectivity index (χ1n) is 5.13. The van der Waals surface area contributed by atoms with Gasteiger partial charge in [-0.2, -0.15) is 0 Å². The highest BCUT2D eigenvalue weighted by molar-refractivity contribution is 9.10. The molecule has 0 amide bonds. The first kappa shape index (κ1) is 13.6. The lowest BCUT2D eigenvalue weighted by Gasteiger charge is -2.07. The summed E-state index contributed by atoms with van der Waals surface area (Å²) in [6.45, 7) is 1.84. The van der Waals surface area contributed by atoms with Gasteiger partial charge in [-0.15, -0.1) is 0 Å². The van der Waals surface area contributed by atoms with Crippen molar-refractivity contribution in [3.05, 3.63) is 32.8 Å². The number of ketones is 1. The zero-order chi connectivity index (χ0) is 12.8. The molecule has 92 valence electrons. The van der Waals surface area contributed by atoms with E-state index in [1.165, 1.54) is 12.1 Å². The molecule has 5 nitrogen and oxygen atoms in total. The van der Waals surface area contributed by atoms with Crippen molar-refractivity contribution in [2.45, 2.75) is 19.8 Å². The summed E-state index contributed by atoms with van der Waals surface area (Å²) in [5.41, 5.74) is -0.0783. The number of halogens is 1. The summed E-state index contributed by atoms with van der Waals surface area (Å²) in [6.07, 6.45) is 1.21. The van der Waals surface area contributed by atoms with Crippen LogP contribution in [-0.4, -0.2) is 17.3 Å².